The third kappa shape index (κ3) is 1.61. The van der Waals surface area contributed by atoms with Gasteiger partial charge < -0.3 is 5.11 Å². The van der Waals surface area contributed by atoms with Crippen molar-refractivity contribution in [3.8, 4) is 0 Å². The Balaban J connectivity index is 2.96. The molecule has 82 valence electrons. The first-order valence-electron chi connectivity index (χ1n) is 4.42. The molecule has 0 saturated heterocycles. The van der Waals surface area contributed by atoms with Gasteiger partial charge in [0, 0.05) is 10.7 Å². The van der Waals surface area contributed by atoms with Gasteiger partial charge in [-0.1, -0.05) is 0 Å². The zero-order valence-corrected chi connectivity index (χ0v) is 9.85. The van der Waals surface area contributed by atoms with Gasteiger partial charge in [-0.2, -0.15) is 0 Å². The zero-order chi connectivity index (χ0) is 11.9. The molecule has 0 amide bonds. The van der Waals surface area contributed by atoms with Crippen LogP contribution in [0, 0.1) is 6.92 Å². The fourth-order valence-corrected chi connectivity index (χ4v) is 1.81. The third-order valence-electron chi connectivity index (χ3n) is 2.18. The fraction of sp³-hybridized carbons (Fsp3) is 0.100. The highest BCUT2D eigenvalue weighted by atomic mass is 79.9. The van der Waals surface area contributed by atoms with Crippen LogP contribution in [0.2, 0.25) is 0 Å². The molecule has 0 saturated carbocycles. The molecule has 0 aliphatic carbocycles. The van der Waals surface area contributed by atoms with Gasteiger partial charge in [0.2, 0.25) is 0 Å². The maximum atomic E-state index is 11.9. The normalized spacial score (nSPS) is 10.6. The van der Waals surface area contributed by atoms with E-state index in [1.165, 1.54) is 17.5 Å². The van der Waals surface area contributed by atoms with Crippen molar-refractivity contribution >= 4 is 27.5 Å². The Morgan fingerprint density at radius 3 is 2.81 bits per heavy atom. The SMILES string of the molecule is Cc1nc2ccc(Br)cn2c(=O)c1C(=O)O. The molecular weight excluding hydrogens is 276 g/mol. The molecule has 5 nitrogen and oxygen atoms in total. The van der Waals surface area contributed by atoms with Crippen LogP contribution in [-0.4, -0.2) is 20.5 Å². The van der Waals surface area contributed by atoms with Gasteiger partial charge in [-0.3, -0.25) is 9.20 Å². The van der Waals surface area contributed by atoms with Crippen molar-refractivity contribution in [1.82, 2.24) is 9.38 Å². The van der Waals surface area contributed by atoms with E-state index in [2.05, 4.69) is 20.9 Å². The van der Waals surface area contributed by atoms with E-state index in [0.717, 1.165) is 0 Å². The highest BCUT2D eigenvalue weighted by Crippen LogP contribution is 2.10. The molecule has 0 unspecified atom stereocenters. The second-order valence-corrected chi connectivity index (χ2v) is 4.17. The third-order valence-corrected chi connectivity index (χ3v) is 2.65. The minimum Gasteiger partial charge on any atom is -0.477 e. The van der Waals surface area contributed by atoms with Crippen LogP contribution in [-0.2, 0) is 0 Å². The number of aromatic carboxylic acids is 1. The van der Waals surface area contributed by atoms with Crippen molar-refractivity contribution in [3.05, 3.63) is 44.4 Å². The topological polar surface area (TPSA) is 71.7 Å². The molecule has 2 heterocycles. The lowest BCUT2D eigenvalue weighted by molar-refractivity contribution is 0.0693. The summed E-state index contributed by atoms with van der Waals surface area (Å²) >= 11 is 3.21. The number of hydrogen-bond donors (Lipinski definition) is 1. The van der Waals surface area contributed by atoms with Crippen LogP contribution >= 0.6 is 15.9 Å². The highest BCUT2D eigenvalue weighted by Gasteiger charge is 2.15. The molecule has 0 fully saturated rings. The standard InChI is InChI=1S/C10H7BrN2O3/c1-5-8(10(15)16)9(14)13-4-6(11)2-3-7(13)12-5/h2-4H,1H3,(H,15,16). The van der Waals surface area contributed by atoms with E-state index in [0.29, 0.717) is 10.1 Å². The molecule has 0 spiro atoms. The van der Waals surface area contributed by atoms with Gasteiger partial charge in [0.15, 0.2) is 0 Å². The number of rotatable bonds is 1. The summed E-state index contributed by atoms with van der Waals surface area (Å²) in [5.74, 6) is -1.26. The number of nitrogens with zero attached hydrogens (tertiary/aromatic N) is 2. The van der Waals surface area contributed by atoms with E-state index in [4.69, 9.17) is 5.11 Å². The zero-order valence-electron chi connectivity index (χ0n) is 8.27. The summed E-state index contributed by atoms with van der Waals surface area (Å²) in [5, 5.41) is 8.91. The molecular formula is C10H7BrN2O3. The van der Waals surface area contributed by atoms with Gasteiger partial charge in [-0.05, 0) is 35.0 Å². The molecule has 0 radical (unpaired) electrons. The van der Waals surface area contributed by atoms with Gasteiger partial charge >= 0.3 is 5.97 Å². The Morgan fingerprint density at radius 1 is 1.50 bits per heavy atom. The van der Waals surface area contributed by atoms with Crippen LogP contribution in [0.1, 0.15) is 16.1 Å². The van der Waals surface area contributed by atoms with E-state index in [9.17, 15) is 9.59 Å². The summed E-state index contributed by atoms with van der Waals surface area (Å²) in [4.78, 5) is 26.8. The molecule has 0 aliphatic heterocycles. The summed E-state index contributed by atoms with van der Waals surface area (Å²) < 4.78 is 1.89. The van der Waals surface area contributed by atoms with E-state index in [1.807, 2.05) is 0 Å². The van der Waals surface area contributed by atoms with Crippen LogP contribution < -0.4 is 5.56 Å². The summed E-state index contributed by atoms with van der Waals surface area (Å²) in [7, 11) is 0. The Bertz CT molecular complexity index is 648. The summed E-state index contributed by atoms with van der Waals surface area (Å²) in [6.45, 7) is 1.51. The van der Waals surface area contributed by atoms with Gasteiger partial charge in [0.1, 0.15) is 11.2 Å². The molecule has 0 bridgehead atoms. The number of halogens is 1. The fourth-order valence-electron chi connectivity index (χ4n) is 1.47. The molecule has 0 aromatic carbocycles. The minimum atomic E-state index is -1.26. The average molecular weight is 283 g/mol. The minimum absolute atomic E-state index is 0.222. The van der Waals surface area contributed by atoms with E-state index in [1.54, 1.807) is 12.1 Å². The van der Waals surface area contributed by atoms with E-state index < -0.39 is 11.5 Å². The van der Waals surface area contributed by atoms with Gasteiger partial charge in [0.05, 0.1) is 5.69 Å². The Labute approximate surface area is 98.5 Å². The smallest absolute Gasteiger partial charge is 0.343 e. The number of fused-ring (bicyclic) bond motifs is 1. The number of carboxylic acid groups (broad SMARTS) is 1. The first-order chi connectivity index (χ1) is 7.50. The van der Waals surface area contributed by atoms with Gasteiger partial charge in [-0.15, -0.1) is 0 Å². The lowest BCUT2D eigenvalue weighted by atomic mass is 10.2. The Kier molecular flexibility index (Phi) is 2.51. The molecule has 0 atom stereocenters. The van der Waals surface area contributed by atoms with Crippen molar-refractivity contribution in [3.63, 3.8) is 0 Å². The first-order valence-corrected chi connectivity index (χ1v) is 5.22. The second kappa shape index (κ2) is 3.71. The largest absolute Gasteiger partial charge is 0.477 e. The molecule has 1 N–H and O–H groups in total. The molecule has 2 aromatic rings. The number of carboxylic acids is 1. The first kappa shape index (κ1) is 10.8. The van der Waals surface area contributed by atoms with Gasteiger partial charge in [0.25, 0.3) is 5.56 Å². The molecule has 0 aliphatic rings. The second-order valence-electron chi connectivity index (χ2n) is 3.26. The Hall–Kier alpha value is -1.69. The quantitative estimate of drug-likeness (QED) is 0.860. The van der Waals surface area contributed by atoms with Crippen molar-refractivity contribution in [2.45, 2.75) is 6.92 Å². The maximum Gasteiger partial charge on any atom is 0.343 e. The average Bonchev–Trinajstić information content (AvgIpc) is 2.19. The van der Waals surface area contributed by atoms with Crippen LogP contribution in [0.25, 0.3) is 5.65 Å². The maximum absolute atomic E-state index is 11.9. The highest BCUT2D eigenvalue weighted by molar-refractivity contribution is 9.10. The number of hydrogen-bond acceptors (Lipinski definition) is 3. The van der Waals surface area contributed by atoms with Gasteiger partial charge in [-0.25, -0.2) is 9.78 Å². The van der Waals surface area contributed by atoms with Crippen LogP contribution in [0.15, 0.2) is 27.6 Å². The lowest BCUT2D eigenvalue weighted by Gasteiger charge is -2.04. The van der Waals surface area contributed by atoms with E-state index in [-0.39, 0.29) is 11.3 Å². The molecule has 6 heteroatoms. The number of aryl methyl sites for hydroxylation is 1. The Morgan fingerprint density at radius 2 is 2.19 bits per heavy atom. The number of pyridine rings is 1. The molecule has 2 rings (SSSR count). The van der Waals surface area contributed by atoms with Crippen molar-refractivity contribution < 1.29 is 9.90 Å². The van der Waals surface area contributed by atoms with E-state index >= 15 is 0 Å². The van der Waals surface area contributed by atoms with Crippen LogP contribution in [0.3, 0.4) is 0 Å². The predicted octanol–water partition coefficient (Wildman–Crippen LogP) is 1.46. The molecule has 16 heavy (non-hydrogen) atoms. The monoisotopic (exact) mass is 282 g/mol. The van der Waals surface area contributed by atoms with Crippen LogP contribution in [0.5, 0.6) is 0 Å². The number of carbonyl (C=O) groups is 1. The number of aromatic nitrogens is 2. The van der Waals surface area contributed by atoms with Crippen molar-refractivity contribution in [1.29, 1.82) is 0 Å². The summed E-state index contributed by atoms with van der Waals surface area (Å²) in [6.07, 6.45) is 1.50. The van der Waals surface area contributed by atoms with Crippen LogP contribution in [0.4, 0.5) is 0 Å². The van der Waals surface area contributed by atoms with Crippen molar-refractivity contribution in [2.75, 3.05) is 0 Å². The van der Waals surface area contributed by atoms with Crippen molar-refractivity contribution in [2.24, 2.45) is 0 Å². The summed E-state index contributed by atoms with van der Waals surface area (Å²) in [5.41, 5.74) is -0.220. The lowest BCUT2D eigenvalue weighted by Crippen LogP contribution is -2.24. The summed E-state index contributed by atoms with van der Waals surface area (Å²) in [6, 6.07) is 3.38. The predicted molar refractivity (Wildman–Crippen MR) is 60.9 cm³/mol. The molecule has 2 aromatic heterocycles.